The Morgan fingerprint density at radius 1 is 1.05 bits per heavy atom. The fourth-order valence-electron chi connectivity index (χ4n) is 1.79. The van der Waals surface area contributed by atoms with E-state index >= 15 is 0 Å². The smallest absolute Gasteiger partial charge is 0.311 e. The maximum absolute atomic E-state index is 11.7. The number of aldehydes is 1. The minimum absolute atomic E-state index is 0.208. The Hall–Kier alpha value is -2.17. The van der Waals surface area contributed by atoms with Gasteiger partial charge in [0.2, 0.25) is 0 Å². The molecular weight excluding hydrogens is 272 g/mol. The number of para-hydroxylation sites is 1. The van der Waals surface area contributed by atoms with Gasteiger partial charge >= 0.3 is 11.9 Å². The van der Waals surface area contributed by atoms with Crippen molar-refractivity contribution in [3.63, 3.8) is 0 Å². The Morgan fingerprint density at radius 2 is 1.71 bits per heavy atom. The summed E-state index contributed by atoms with van der Waals surface area (Å²) in [4.78, 5) is 33.5. The van der Waals surface area contributed by atoms with Crippen molar-refractivity contribution in [3.05, 3.63) is 29.8 Å². The number of carbonyl (C=O) groups is 3. The molecule has 0 spiro atoms. The first-order valence-electron chi connectivity index (χ1n) is 7.08. The highest BCUT2D eigenvalue weighted by atomic mass is 16.5. The van der Waals surface area contributed by atoms with E-state index in [2.05, 4.69) is 0 Å². The fraction of sp³-hybridized carbons (Fsp3) is 0.438. The summed E-state index contributed by atoms with van der Waals surface area (Å²) in [5, 5.41) is 0. The van der Waals surface area contributed by atoms with E-state index in [4.69, 9.17) is 9.47 Å². The SMILES string of the molecule is CCOC(=O)CCCCCC(=O)Oc1ccccc1C=O. The third kappa shape index (κ3) is 6.70. The highest BCUT2D eigenvalue weighted by molar-refractivity contribution is 5.82. The topological polar surface area (TPSA) is 69.7 Å². The number of rotatable bonds is 9. The summed E-state index contributed by atoms with van der Waals surface area (Å²) in [6.45, 7) is 2.16. The predicted molar refractivity (Wildman–Crippen MR) is 77.2 cm³/mol. The third-order valence-electron chi connectivity index (χ3n) is 2.84. The van der Waals surface area contributed by atoms with Crippen LogP contribution in [0.3, 0.4) is 0 Å². The molecule has 0 heterocycles. The lowest BCUT2D eigenvalue weighted by Gasteiger charge is -2.06. The lowest BCUT2D eigenvalue weighted by Crippen LogP contribution is -2.09. The van der Waals surface area contributed by atoms with Gasteiger partial charge in [-0.2, -0.15) is 0 Å². The van der Waals surface area contributed by atoms with Gasteiger partial charge in [0.15, 0.2) is 6.29 Å². The monoisotopic (exact) mass is 292 g/mol. The summed E-state index contributed by atoms with van der Waals surface area (Å²) in [6.07, 6.45) is 3.37. The van der Waals surface area contributed by atoms with Gasteiger partial charge in [0, 0.05) is 12.8 Å². The molecule has 1 aromatic rings. The van der Waals surface area contributed by atoms with Crippen LogP contribution in [0.2, 0.25) is 0 Å². The Labute approximate surface area is 124 Å². The van der Waals surface area contributed by atoms with Crippen molar-refractivity contribution in [1.82, 2.24) is 0 Å². The molecular formula is C16H20O5. The van der Waals surface area contributed by atoms with Gasteiger partial charge in [-0.05, 0) is 31.9 Å². The van der Waals surface area contributed by atoms with Gasteiger partial charge < -0.3 is 9.47 Å². The lowest BCUT2D eigenvalue weighted by molar-refractivity contribution is -0.143. The zero-order chi connectivity index (χ0) is 15.5. The number of benzene rings is 1. The van der Waals surface area contributed by atoms with Gasteiger partial charge in [-0.1, -0.05) is 18.6 Å². The summed E-state index contributed by atoms with van der Waals surface area (Å²) in [6, 6.07) is 6.59. The Kier molecular flexibility index (Phi) is 7.79. The molecule has 0 saturated heterocycles. The van der Waals surface area contributed by atoms with Crippen LogP contribution in [0.25, 0.3) is 0 Å². The molecule has 0 amide bonds. The summed E-state index contributed by atoms with van der Waals surface area (Å²) in [5.74, 6) is -0.301. The molecule has 0 bridgehead atoms. The van der Waals surface area contributed by atoms with Crippen LogP contribution in [-0.2, 0) is 14.3 Å². The maximum Gasteiger partial charge on any atom is 0.311 e. The molecule has 0 aromatic heterocycles. The van der Waals surface area contributed by atoms with Crippen molar-refractivity contribution in [2.45, 2.75) is 39.0 Å². The van der Waals surface area contributed by atoms with Crippen LogP contribution in [-0.4, -0.2) is 24.8 Å². The predicted octanol–water partition coefficient (Wildman–Crippen LogP) is 2.92. The van der Waals surface area contributed by atoms with Crippen molar-refractivity contribution in [2.75, 3.05) is 6.61 Å². The van der Waals surface area contributed by atoms with Gasteiger partial charge in [0.1, 0.15) is 5.75 Å². The molecule has 21 heavy (non-hydrogen) atoms. The van der Waals surface area contributed by atoms with Crippen molar-refractivity contribution in [3.8, 4) is 5.75 Å². The molecule has 0 aliphatic heterocycles. The number of carbonyl (C=O) groups excluding carboxylic acids is 3. The van der Waals surface area contributed by atoms with Crippen LogP contribution in [0.5, 0.6) is 5.75 Å². The van der Waals surface area contributed by atoms with Crippen molar-refractivity contribution < 1.29 is 23.9 Å². The normalized spacial score (nSPS) is 9.95. The standard InChI is InChI=1S/C16H20O5/c1-2-20-15(18)10-4-3-5-11-16(19)21-14-9-7-6-8-13(14)12-17/h6-9,12H,2-5,10-11H2,1H3. The molecule has 114 valence electrons. The van der Waals surface area contributed by atoms with Crippen LogP contribution in [0.4, 0.5) is 0 Å². The number of esters is 2. The highest BCUT2D eigenvalue weighted by Crippen LogP contribution is 2.16. The first-order valence-corrected chi connectivity index (χ1v) is 7.08. The molecule has 5 nitrogen and oxygen atoms in total. The first kappa shape index (κ1) is 16.9. The Balaban J connectivity index is 2.22. The minimum Gasteiger partial charge on any atom is -0.466 e. The molecule has 0 aliphatic rings. The molecule has 0 N–H and O–H groups in total. The van der Waals surface area contributed by atoms with E-state index in [-0.39, 0.29) is 24.1 Å². The Morgan fingerprint density at radius 3 is 2.38 bits per heavy atom. The van der Waals surface area contributed by atoms with Crippen LogP contribution < -0.4 is 4.74 Å². The second-order valence-corrected chi connectivity index (χ2v) is 4.50. The number of ether oxygens (including phenoxy) is 2. The van der Waals surface area contributed by atoms with E-state index < -0.39 is 0 Å². The summed E-state index contributed by atoms with van der Waals surface area (Å²) in [5.41, 5.74) is 0.355. The van der Waals surface area contributed by atoms with E-state index in [1.807, 2.05) is 0 Å². The van der Waals surface area contributed by atoms with Gasteiger partial charge in [-0.3, -0.25) is 14.4 Å². The number of unbranched alkanes of at least 4 members (excludes halogenated alkanes) is 2. The second-order valence-electron chi connectivity index (χ2n) is 4.50. The van der Waals surface area contributed by atoms with E-state index in [9.17, 15) is 14.4 Å². The van der Waals surface area contributed by atoms with Crippen molar-refractivity contribution >= 4 is 18.2 Å². The third-order valence-corrected chi connectivity index (χ3v) is 2.84. The largest absolute Gasteiger partial charge is 0.466 e. The average Bonchev–Trinajstić information content (AvgIpc) is 2.47. The first-order chi connectivity index (χ1) is 10.2. The van der Waals surface area contributed by atoms with Gasteiger partial charge in [-0.25, -0.2) is 0 Å². The van der Waals surface area contributed by atoms with Crippen molar-refractivity contribution in [1.29, 1.82) is 0 Å². The van der Waals surface area contributed by atoms with Crippen molar-refractivity contribution in [2.24, 2.45) is 0 Å². The molecule has 0 atom stereocenters. The quantitative estimate of drug-likeness (QED) is 0.303. The zero-order valence-corrected chi connectivity index (χ0v) is 12.2. The average molecular weight is 292 g/mol. The maximum atomic E-state index is 11.7. The van der Waals surface area contributed by atoms with E-state index in [1.54, 1.807) is 31.2 Å². The summed E-state index contributed by atoms with van der Waals surface area (Å²) in [7, 11) is 0. The van der Waals surface area contributed by atoms with E-state index in [0.717, 1.165) is 6.42 Å². The molecule has 1 aromatic carbocycles. The van der Waals surface area contributed by atoms with Crippen LogP contribution >= 0.6 is 0 Å². The lowest BCUT2D eigenvalue weighted by atomic mass is 10.1. The zero-order valence-electron chi connectivity index (χ0n) is 12.2. The van der Waals surface area contributed by atoms with Crippen LogP contribution in [0, 0.1) is 0 Å². The van der Waals surface area contributed by atoms with Gasteiger partial charge in [0.05, 0.1) is 12.2 Å². The summed E-state index contributed by atoms with van der Waals surface area (Å²) >= 11 is 0. The van der Waals surface area contributed by atoms with Crippen LogP contribution in [0.15, 0.2) is 24.3 Å². The Bertz CT molecular complexity index is 481. The van der Waals surface area contributed by atoms with Gasteiger partial charge in [0.25, 0.3) is 0 Å². The number of hydrogen-bond donors (Lipinski definition) is 0. The van der Waals surface area contributed by atoms with E-state index in [1.165, 1.54) is 0 Å². The summed E-state index contributed by atoms with van der Waals surface area (Å²) < 4.78 is 9.95. The fourth-order valence-corrected chi connectivity index (χ4v) is 1.79. The molecule has 0 aliphatic carbocycles. The number of hydrogen-bond acceptors (Lipinski definition) is 5. The molecule has 1 rings (SSSR count). The van der Waals surface area contributed by atoms with Crippen LogP contribution in [0.1, 0.15) is 49.4 Å². The molecule has 5 heteroatoms. The molecule has 0 saturated carbocycles. The van der Waals surface area contributed by atoms with E-state index in [0.29, 0.717) is 37.7 Å². The highest BCUT2D eigenvalue weighted by Gasteiger charge is 2.08. The molecule has 0 unspecified atom stereocenters. The van der Waals surface area contributed by atoms with Gasteiger partial charge in [-0.15, -0.1) is 0 Å². The minimum atomic E-state index is -0.375. The molecule has 0 fully saturated rings. The molecule has 0 radical (unpaired) electrons. The second kappa shape index (κ2) is 9.69.